The molecule has 0 aliphatic carbocycles. The number of alkyl halides is 12. The Morgan fingerprint density at radius 2 is 0.972 bits per heavy atom. The third-order valence-electron chi connectivity index (χ3n) is 9.86. The zero-order chi connectivity index (χ0) is 52.7. The van der Waals surface area contributed by atoms with Crippen LogP contribution in [-0.4, -0.2) is 68.7 Å². The number of nitrogens with zero attached hydrogens (tertiary/aromatic N) is 2. The first kappa shape index (κ1) is 59.8. The Labute approximate surface area is 417 Å². The maximum Gasteiger partial charge on any atom is 2.00 e. The summed E-state index contributed by atoms with van der Waals surface area (Å²) in [5.41, 5.74) is -2.84. The number of methoxy groups -OCH3 is 2. The van der Waals surface area contributed by atoms with Gasteiger partial charge < -0.3 is 29.1 Å². The van der Waals surface area contributed by atoms with E-state index in [1.54, 1.807) is 56.2 Å². The summed E-state index contributed by atoms with van der Waals surface area (Å²) in [6.45, 7) is 0. The molecule has 71 heavy (non-hydrogen) atoms. The molecule has 6 rings (SSSR count). The van der Waals surface area contributed by atoms with E-state index in [0.29, 0.717) is 41.9 Å². The van der Waals surface area contributed by atoms with Crippen LogP contribution in [0.15, 0.2) is 115 Å². The number of nitrogens with one attached hydrogen (secondary N) is 1. The fourth-order valence-electron chi connectivity index (χ4n) is 6.92. The molecule has 386 valence electrons. The van der Waals surface area contributed by atoms with Crippen molar-refractivity contribution in [1.29, 1.82) is 0 Å². The molecule has 6 aromatic rings. The Balaban J connectivity index is 0.000000552. The first-order chi connectivity index (χ1) is 32.3. The molecule has 0 unspecified atom stereocenters. The molecule has 8 nitrogen and oxygen atoms in total. The summed E-state index contributed by atoms with van der Waals surface area (Å²) in [7, 11) is 3.60. The van der Waals surface area contributed by atoms with E-state index >= 15 is 0 Å². The Morgan fingerprint density at radius 1 is 0.577 bits per heavy atom. The van der Waals surface area contributed by atoms with Gasteiger partial charge in [-0.2, -0.15) is 52.7 Å². The molecule has 0 aliphatic heterocycles. The van der Waals surface area contributed by atoms with Crippen LogP contribution < -0.4 is 40.5 Å². The summed E-state index contributed by atoms with van der Waals surface area (Å²) in [6, 6.07) is 27.7. The Kier molecular flexibility index (Phi) is 20.0. The largest absolute Gasteiger partial charge is 2.00 e. The van der Waals surface area contributed by atoms with E-state index < -0.39 is 75.6 Å². The Morgan fingerprint density at radius 3 is 1.32 bits per heavy atom. The van der Waals surface area contributed by atoms with Gasteiger partial charge in [0.05, 0.1) is 46.6 Å². The summed E-state index contributed by atoms with van der Waals surface area (Å²) in [5.74, 6) is -0.311. The van der Waals surface area contributed by atoms with Crippen LogP contribution in [0.3, 0.4) is 0 Å². The van der Waals surface area contributed by atoms with Crippen molar-refractivity contribution < 1.29 is 95.6 Å². The number of rotatable bonds is 10. The topological polar surface area (TPSA) is 94.2 Å². The summed E-state index contributed by atoms with van der Waals surface area (Å²) in [5, 5.41) is 1.15. The van der Waals surface area contributed by atoms with Crippen LogP contribution in [0, 0.1) is 6.07 Å². The van der Waals surface area contributed by atoms with Crippen molar-refractivity contribution in [3.05, 3.63) is 144 Å². The van der Waals surface area contributed by atoms with Gasteiger partial charge in [-0.1, -0.05) is 29.8 Å². The molecule has 1 N–H and O–H groups in total. The molecule has 0 saturated heterocycles. The number of ether oxygens (including phenoxy) is 2. The van der Waals surface area contributed by atoms with Gasteiger partial charge in [-0.05, 0) is 90.9 Å². The second kappa shape index (κ2) is 23.8. The van der Waals surface area contributed by atoms with Gasteiger partial charge in [0.1, 0.15) is 11.5 Å². The summed E-state index contributed by atoms with van der Waals surface area (Å²) >= 11 is 0. The van der Waals surface area contributed by atoms with Crippen molar-refractivity contribution in [3.63, 3.8) is 0 Å². The molecular formula is C48H44F12N3O5PPdS. The van der Waals surface area contributed by atoms with Crippen molar-refractivity contribution in [3.8, 4) is 33.8 Å². The van der Waals surface area contributed by atoms with E-state index in [9.17, 15) is 52.7 Å². The second-order valence-corrected chi connectivity index (χ2v) is 18.9. The van der Waals surface area contributed by atoms with Crippen LogP contribution in [0.4, 0.5) is 69.7 Å². The van der Waals surface area contributed by atoms with Crippen LogP contribution in [-0.2, 0) is 55.2 Å². The van der Waals surface area contributed by atoms with Crippen LogP contribution in [0.25, 0.3) is 22.3 Å². The van der Waals surface area contributed by atoms with Crippen LogP contribution >= 0.6 is 7.92 Å². The normalized spacial score (nSPS) is 11.9. The molecule has 0 atom stereocenters. The molecule has 0 aliphatic rings. The average molecular weight is 1140 g/mol. The van der Waals surface area contributed by atoms with E-state index in [0.717, 1.165) is 18.4 Å². The maximum atomic E-state index is 14.2. The maximum absolute atomic E-state index is 14.2. The summed E-state index contributed by atoms with van der Waals surface area (Å²) in [4.78, 5) is 3.23. The molecular weight excluding hydrogens is 1100 g/mol. The SMILES string of the molecule is CNc1ccccc1-c1[c-]cccc1.COc1ccc(OC)c(P(c2cc(C(F)(F)F)cc(C(F)(F)F)c2)c2cc(C(F)(F)F)cc(C(F)(F)F)c2)c1-c1c(N(C)C)cccc1N(C)C.CS(=O)(=O)[O-].[Pd+2]. The van der Waals surface area contributed by atoms with Gasteiger partial charge in [-0.25, -0.2) is 8.42 Å². The first-order valence-electron chi connectivity index (χ1n) is 20.1. The third kappa shape index (κ3) is 15.7. The fourth-order valence-corrected chi connectivity index (χ4v) is 9.64. The monoisotopic (exact) mass is 1140 g/mol. The van der Waals surface area contributed by atoms with Crippen LogP contribution in [0.1, 0.15) is 22.3 Å². The Bertz CT molecular complexity index is 2690. The van der Waals surface area contributed by atoms with Crippen molar-refractivity contribution in [2.45, 2.75) is 24.7 Å². The zero-order valence-electron chi connectivity index (χ0n) is 38.6. The molecule has 0 radical (unpaired) electrons. The quantitative estimate of drug-likeness (QED) is 0.0477. The smallest absolute Gasteiger partial charge is 0.748 e. The minimum Gasteiger partial charge on any atom is -0.748 e. The van der Waals surface area contributed by atoms with E-state index in [1.165, 1.54) is 24.8 Å². The van der Waals surface area contributed by atoms with Gasteiger partial charge in [0.2, 0.25) is 0 Å². The van der Waals surface area contributed by atoms with E-state index in [-0.39, 0.29) is 60.5 Å². The van der Waals surface area contributed by atoms with Crippen molar-refractivity contribution in [1.82, 2.24) is 0 Å². The van der Waals surface area contributed by atoms with Crippen LogP contribution in [0.2, 0.25) is 0 Å². The summed E-state index contributed by atoms with van der Waals surface area (Å²) < 4.78 is 209. The molecule has 0 bridgehead atoms. The minimum absolute atomic E-state index is 0. The predicted octanol–water partition coefficient (Wildman–Crippen LogP) is 11.7. The molecule has 0 amide bonds. The third-order valence-corrected chi connectivity index (χ3v) is 12.3. The van der Waals surface area contributed by atoms with Crippen molar-refractivity contribution in [2.75, 3.05) is 70.8 Å². The average Bonchev–Trinajstić information content (AvgIpc) is 3.27. The molecule has 0 saturated carbocycles. The standard InChI is InChI=1S/C34H29F12N2O2P.C13H12N.CH4O3S.Pd/c1-47(2)24-8-7-9-25(48(3)4)28(24)29-26(49-5)10-11-27(50-6)30(29)51(22-14-18(31(35,36)37)12-19(15-22)32(38,39)40)23-16-20(33(41,42)43)13-21(17-23)34(44,45)46;1-14-13-10-6-5-9-12(13)11-7-3-2-4-8-11;1-5(2,3)4;/h7-17H,1-6H3;2-7,9-10,14H,1H3;1H3,(H,2,3,4);/q;-1;;+2/p-1. The molecule has 0 aromatic heterocycles. The zero-order valence-corrected chi connectivity index (χ0v) is 41.9. The number of benzene rings is 6. The second-order valence-electron chi connectivity index (χ2n) is 15.3. The number of hydrogen-bond donors (Lipinski definition) is 1. The van der Waals surface area contributed by atoms with E-state index in [2.05, 4.69) is 29.6 Å². The molecule has 0 spiro atoms. The number of anilines is 3. The van der Waals surface area contributed by atoms with Gasteiger partial charge in [-0.3, -0.25) is 0 Å². The van der Waals surface area contributed by atoms with Gasteiger partial charge >= 0.3 is 45.1 Å². The van der Waals surface area contributed by atoms with E-state index in [4.69, 9.17) is 22.4 Å². The fraction of sp³-hybridized carbons (Fsp3) is 0.250. The van der Waals surface area contributed by atoms with Gasteiger partial charge in [0.25, 0.3) is 0 Å². The van der Waals surface area contributed by atoms with Gasteiger partial charge in [-0.15, -0.1) is 35.9 Å². The van der Waals surface area contributed by atoms with E-state index in [1.807, 2.05) is 37.4 Å². The molecule has 0 fully saturated rings. The number of para-hydroxylation sites is 1. The van der Waals surface area contributed by atoms with Crippen LogP contribution in [0.5, 0.6) is 11.5 Å². The summed E-state index contributed by atoms with van der Waals surface area (Å²) in [6.07, 6.45) is -21.0. The van der Waals surface area contributed by atoms with Crippen molar-refractivity contribution in [2.24, 2.45) is 0 Å². The van der Waals surface area contributed by atoms with Gasteiger partial charge in [0.15, 0.2) is 0 Å². The van der Waals surface area contributed by atoms with Crippen molar-refractivity contribution >= 4 is 51.0 Å². The first-order valence-corrected chi connectivity index (χ1v) is 23.2. The van der Waals surface area contributed by atoms with Gasteiger partial charge in [0, 0.05) is 69.3 Å². The molecule has 23 heteroatoms. The minimum atomic E-state index is -5.40. The molecule has 0 heterocycles. The molecule has 6 aromatic carbocycles. The number of hydrogen-bond acceptors (Lipinski definition) is 8. The predicted molar refractivity (Wildman–Crippen MR) is 248 cm³/mol. The Hall–Kier alpha value is -5.52. The number of halogens is 12.